The molecule has 2 unspecified atom stereocenters. The van der Waals surface area contributed by atoms with Crippen molar-refractivity contribution in [3.8, 4) is 0 Å². The van der Waals surface area contributed by atoms with Crippen LogP contribution in [0.1, 0.15) is 61.2 Å². The molecule has 5 nitrogen and oxygen atoms in total. The molecule has 126 valence electrons. The van der Waals surface area contributed by atoms with Gasteiger partial charge >= 0.3 is 0 Å². The lowest BCUT2D eigenvalue weighted by molar-refractivity contribution is -0.121. The van der Waals surface area contributed by atoms with Gasteiger partial charge in [-0.3, -0.25) is 4.79 Å². The van der Waals surface area contributed by atoms with E-state index in [1.807, 2.05) is 24.3 Å². The summed E-state index contributed by atoms with van der Waals surface area (Å²) in [5.41, 5.74) is 1.13. The Hall–Kier alpha value is -1.88. The van der Waals surface area contributed by atoms with Gasteiger partial charge in [-0.1, -0.05) is 47.8 Å². The quantitative estimate of drug-likeness (QED) is 0.899. The average Bonchev–Trinajstić information content (AvgIpc) is 2.94. The lowest BCUT2D eigenvalue weighted by Gasteiger charge is -2.10. The Labute approximate surface area is 145 Å². The fourth-order valence-corrected chi connectivity index (χ4v) is 3.85. The third kappa shape index (κ3) is 3.31. The number of nitrogens with one attached hydrogen (secondary N) is 1. The van der Waals surface area contributed by atoms with Crippen LogP contribution in [0.2, 0.25) is 5.02 Å². The van der Waals surface area contributed by atoms with E-state index in [4.69, 9.17) is 16.1 Å². The van der Waals surface area contributed by atoms with Crippen LogP contribution < -0.4 is 5.32 Å². The topological polar surface area (TPSA) is 68.0 Å². The Morgan fingerprint density at radius 3 is 2.83 bits per heavy atom. The number of amides is 1. The van der Waals surface area contributed by atoms with E-state index in [2.05, 4.69) is 15.5 Å². The molecule has 24 heavy (non-hydrogen) atoms. The van der Waals surface area contributed by atoms with Crippen molar-refractivity contribution in [3.63, 3.8) is 0 Å². The molecular formula is C18H20ClN3O2. The van der Waals surface area contributed by atoms with Gasteiger partial charge in [-0.15, -0.1) is 0 Å². The van der Waals surface area contributed by atoms with Gasteiger partial charge in [0.2, 0.25) is 11.8 Å². The molecule has 0 saturated heterocycles. The smallest absolute Gasteiger partial charge is 0.230 e. The first-order valence-corrected chi connectivity index (χ1v) is 8.95. The molecule has 0 spiro atoms. The van der Waals surface area contributed by atoms with Crippen LogP contribution in [0.4, 0.5) is 0 Å². The maximum absolute atomic E-state index is 12.0. The predicted octanol–water partition coefficient (Wildman–Crippen LogP) is 3.60. The van der Waals surface area contributed by atoms with Gasteiger partial charge in [0.05, 0.1) is 6.42 Å². The summed E-state index contributed by atoms with van der Waals surface area (Å²) in [6, 6.07) is 8.18. The largest absolute Gasteiger partial charge is 0.353 e. The predicted molar refractivity (Wildman–Crippen MR) is 90.0 cm³/mol. The minimum absolute atomic E-state index is 0.0206. The summed E-state index contributed by atoms with van der Waals surface area (Å²) < 4.78 is 5.37. The van der Waals surface area contributed by atoms with Crippen molar-refractivity contribution in [1.82, 2.24) is 15.5 Å². The van der Waals surface area contributed by atoms with Gasteiger partial charge in [0.1, 0.15) is 0 Å². The first-order valence-electron chi connectivity index (χ1n) is 8.57. The number of carbonyl (C=O) groups excluding carboxylic acids is 1. The van der Waals surface area contributed by atoms with Crippen LogP contribution in [0.3, 0.4) is 0 Å². The molecule has 1 heterocycles. The number of nitrogens with zero attached hydrogens (tertiary/aromatic N) is 2. The van der Waals surface area contributed by atoms with Crippen molar-refractivity contribution in [1.29, 1.82) is 0 Å². The van der Waals surface area contributed by atoms with E-state index < -0.39 is 0 Å². The third-order valence-corrected chi connectivity index (χ3v) is 5.28. The van der Waals surface area contributed by atoms with Gasteiger partial charge in [-0.25, -0.2) is 0 Å². The third-order valence-electron chi connectivity index (χ3n) is 4.94. The molecule has 2 aromatic rings. The number of hydrogen-bond acceptors (Lipinski definition) is 4. The van der Waals surface area contributed by atoms with Gasteiger partial charge in [0.15, 0.2) is 5.82 Å². The molecule has 2 saturated carbocycles. The number of hydrogen-bond donors (Lipinski definition) is 1. The maximum Gasteiger partial charge on any atom is 0.230 e. The van der Waals surface area contributed by atoms with Crippen molar-refractivity contribution in [3.05, 3.63) is 46.6 Å². The molecule has 2 atom stereocenters. The summed E-state index contributed by atoms with van der Waals surface area (Å²) >= 11 is 6.25. The molecule has 0 bridgehead atoms. The minimum atomic E-state index is -0.0206. The molecule has 2 aliphatic carbocycles. The summed E-state index contributed by atoms with van der Waals surface area (Å²) in [5.74, 6) is 1.60. The van der Waals surface area contributed by atoms with Crippen LogP contribution in [-0.4, -0.2) is 22.1 Å². The average molecular weight is 346 g/mol. The zero-order valence-corrected chi connectivity index (χ0v) is 14.1. The van der Waals surface area contributed by atoms with Gasteiger partial charge < -0.3 is 9.84 Å². The highest BCUT2D eigenvalue weighted by molar-refractivity contribution is 6.31. The summed E-state index contributed by atoms with van der Waals surface area (Å²) in [6.07, 6.45) is 5.68. The van der Waals surface area contributed by atoms with Crippen LogP contribution >= 0.6 is 11.6 Å². The second-order valence-corrected chi connectivity index (χ2v) is 7.15. The summed E-state index contributed by atoms with van der Waals surface area (Å²) in [4.78, 5) is 16.5. The molecule has 6 heteroatoms. The van der Waals surface area contributed by atoms with Crippen LogP contribution in [0.25, 0.3) is 0 Å². The standard InChI is InChI=1S/C18H20ClN3O2/c19-15-8-4-3-7-12(15)13-9-14(13)18-21-16(22-24-18)10-17(23)20-11-5-1-2-6-11/h3-4,7-8,11,13-14H,1-2,5-6,9-10H2,(H,20,23). The lowest BCUT2D eigenvalue weighted by Crippen LogP contribution is -2.33. The minimum Gasteiger partial charge on any atom is -0.353 e. The van der Waals surface area contributed by atoms with Crippen molar-refractivity contribution in [2.24, 2.45) is 0 Å². The molecule has 2 fully saturated rings. The highest BCUT2D eigenvalue weighted by Crippen LogP contribution is 2.55. The Morgan fingerprint density at radius 1 is 1.25 bits per heavy atom. The highest BCUT2D eigenvalue weighted by Gasteiger charge is 2.44. The molecule has 2 aliphatic rings. The van der Waals surface area contributed by atoms with Gasteiger partial charge in [-0.2, -0.15) is 4.98 Å². The molecule has 4 rings (SSSR count). The van der Waals surface area contributed by atoms with E-state index in [0.717, 1.165) is 29.8 Å². The number of rotatable bonds is 5. The second-order valence-electron chi connectivity index (χ2n) is 6.74. The summed E-state index contributed by atoms with van der Waals surface area (Å²) in [6.45, 7) is 0. The monoisotopic (exact) mass is 345 g/mol. The zero-order valence-electron chi connectivity index (χ0n) is 13.4. The highest BCUT2D eigenvalue weighted by atomic mass is 35.5. The molecular weight excluding hydrogens is 326 g/mol. The molecule has 0 aliphatic heterocycles. The van der Waals surface area contributed by atoms with Gasteiger partial charge in [-0.05, 0) is 36.8 Å². The Balaban J connectivity index is 1.36. The number of carbonyl (C=O) groups is 1. The van der Waals surface area contributed by atoms with E-state index in [9.17, 15) is 4.79 Å². The van der Waals surface area contributed by atoms with Crippen molar-refractivity contribution in [2.75, 3.05) is 0 Å². The lowest BCUT2D eigenvalue weighted by atomic mass is 10.1. The first-order chi connectivity index (χ1) is 11.7. The fourth-order valence-electron chi connectivity index (χ4n) is 3.57. The van der Waals surface area contributed by atoms with Crippen LogP contribution in [0.15, 0.2) is 28.8 Å². The van der Waals surface area contributed by atoms with Crippen LogP contribution in [0.5, 0.6) is 0 Å². The maximum atomic E-state index is 12.0. The SMILES string of the molecule is O=C(Cc1noc(C2CC2c2ccccc2Cl)n1)NC1CCCC1. The van der Waals surface area contributed by atoms with Crippen LogP contribution in [-0.2, 0) is 11.2 Å². The number of benzene rings is 1. The molecule has 1 N–H and O–H groups in total. The number of aromatic nitrogens is 2. The number of halogens is 1. The second kappa shape index (κ2) is 6.55. The van der Waals surface area contributed by atoms with Crippen LogP contribution in [0, 0.1) is 0 Å². The van der Waals surface area contributed by atoms with Crippen molar-refractivity contribution < 1.29 is 9.32 Å². The van der Waals surface area contributed by atoms with E-state index >= 15 is 0 Å². The zero-order chi connectivity index (χ0) is 16.5. The molecule has 1 aromatic carbocycles. The van der Waals surface area contributed by atoms with E-state index in [-0.39, 0.29) is 18.2 Å². The van der Waals surface area contributed by atoms with Crippen molar-refractivity contribution in [2.45, 2.75) is 56.4 Å². The van der Waals surface area contributed by atoms with E-state index in [0.29, 0.717) is 23.7 Å². The Morgan fingerprint density at radius 2 is 2.04 bits per heavy atom. The van der Waals surface area contributed by atoms with Gasteiger partial charge in [0, 0.05) is 17.0 Å². The fraction of sp³-hybridized carbons (Fsp3) is 0.500. The Bertz CT molecular complexity index is 739. The van der Waals surface area contributed by atoms with E-state index in [1.165, 1.54) is 12.8 Å². The first kappa shape index (κ1) is 15.6. The molecule has 1 aromatic heterocycles. The normalized spacial score (nSPS) is 23.4. The molecule has 1 amide bonds. The summed E-state index contributed by atoms with van der Waals surface area (Å²) in [7, 11) is 0. The Kier molecular flexibility index (Phi) is 4.27. The van der Waals surface area contributed by atoms with Gasteiger partial charge in [0.25, 0.3) is 0 Å². The summed E-state index contributed by atoms with van der Waals surface area (Å²) in [5, 5.41) is 7.79. The molecule has 0 radical (unpaired) electrons. The van der Waals surface area contributed by atoms with E-state index in [1.54, 1.807) is 0 Å². The van der Waals surface area contributed by atoms with Crippen molar-refractivity contribution >= 4 is 17.5 Å².